The van der Waals surface area contributed by atoms with Crippen molar-refractivity contribution < 1.29 is 4.79 Å². The van der Waals surface area contributed by atoms with Crippen LogP contribution in [-0.4, -0.2) is 10.8 Å². The second-order valence-electron chi connectivity index (χ2n) is 5.62. The van der Waals surface area contributed by atoms with Crippen LogP contribution in [0.3, 0.4) is 0 Å². The van der Waals surface area contributed by atoms with E-state index in [1.165, 1.54) is 11.3 Å². The van der Waals surface area contributed by atoms with Crippen LogP contribution in [0.15, 0.2) is 91.0 Å². The molecule has 3 aromatic carbocycles. The lowest BCUT2D eigenvalue weighted by atomic mass is 10.1. The Morgan fingerprint density at radius 2 is 1.20 bits per heavy atom. The molecule has 0 aliphatic heterocycles. The van der Waals surface area contributed by atoms with E-state index >= 15 is 0 Å². The molecule has 25 heavy (non-hydrogen) atoms. The van der Waals surface area contributed by atoms with Crippen molar-refractivity contribution in [2.45, 2.75) is 0 Å². The van der Waals surface area contributed by atoms with E-state index in [9.17, 15) is 4.79 Å². The lowest BCUT2D eigenvalue weighted by Gasteiger charge is -2.02. The highest BCUT2D eigenvalue weighted by Gasteiger charge is 2.19. The number of benzene rings is 3. The van der Waals surface area contributed by atoms with Crippen molar-refractivity contribution in [1.82, 2.24) is 4.98 Å². The molecule has 120 valence electrons. The van der Waals surface area contributed by atoms with E-state index in [-0.39, 0.29) is 5.78 Å². The summed E-state index contributed by atoms with van der Waals surface area (Å²) in [5.74, 6) is -0.0371. The third-order valence-electron chi connectivity index (χ3n) is 3.94. The molecule has 2 nitrogen and oxygen atoms in total. The molecular formula is C22H15NOS. The van der Waals surface area contributed by atoms with E-state index in [0.29, 0.717) is 10.6 Å². The van der Waals surface area contributed by atoms with Gasteiger partial charge in [-0.05, 0) is 5.56 Å². The smallest absolute Gasteiger partial charge is 0.221 e. The molecule has 0 fully saturated rings. The molecule has 0 saturated heterocycles. The standard InChI is InChI=1S/C22H15NOS/c24-20(17-12-6-2-7-13-17)22-23-19(16-10-4-1-5-11-16)21(25-22)18-14-8-3-9-15-18/h1-15H. The number of carbonyl (C=O) groups is 1. The van der Waals surface area contributed by atoms with Gasteiger partial charge in [-0.25, -0.2) is 4.98 Å². The topological polar surface area (TPSA) is 30.0 Å². The largest absolute Gasteiger partial charge is 0.286 e. The highest BCUT2D eigenvalue weighted by molar-refractivity contribution is 7.17. The number of aromatic nitrogens is 1. The molecule has 0 amide bonds. The van der Waals surface area contributed by atoms with E-state index < -0.39 is 0 Å². The van der Waals surface area contributed by atoms with Crippen molar-refractivity contribution in [3.8, 4) is 21.7 Å². The fraction of sp³-hybridized carbons (Fsp3) is 0. The molecular weight excluding hydrogens is 326 g/mol. The summed E-state index contributed by atoms with van der Waals surface area (Å²) in [6.07, 6.45) is 0. The summed E-state index contributed by atoms with van der Waals surface area (Å²) in [5.41, 5.74) is 3.61. The van der Waals surface area contributed by atoms with Gasteiger partial charge in [0.25, 0.3) is 0 Å². The molecule has 4 aromatic rings. The van der Waals surface area contributed by atoms with E-state index in [1.807, 2.05) is 78.9 Å². The molecule has 0 atom stereocenters. The first-order chi connectivity index (χ1) is 12.3. The Hall–Kier alpha value is -3.04. The van der Waals surface area contributed by atoms with Crippen LogP contribution in [0.5, 0.6) is 0 Å². The quantitative estimate of drug-likeness (QED) is 0.445. The summed E-state index contributed by atoms with van der Waals surface area (Å²) in [6.45, 7) is 0. The third-order valence-corrected chi connectivity index (χ3v) is 5.04. The van der Waals surface area contributed by atoms with Crippen molar-refractivity contribution in [2.75, 3.05) is 0 Å². The van der Waals surface area contributed by atoms with Crippen LogP contribution >= 0.6 is 11.3 Å². The molecule has 0 radical (unpaired) electrons. The molecule has 0 aliphatic carbocycles. The van der Waals surface area contributed by atoms with Crippen LogP contribution < -0.4 is 0 Å². The van der Waals surface area contributed by atoms with E-state index in [2.05, 4.69) is 12.1 Å². The van der Waals surface area contributed by atoms with Gasteiger partial charge in [-0.2, -0.15) is 0 Å². The Morgan fingerprint density at radius 3 is 1.80 bits per heavy atom. The maximum Gasteiger partial charge on any atom is 0.221 e. The minimum absolute atomic E-state index is 0.0371. The number of nitrogens with zero attached hydrogens (tertiary/aromatic N) is 1. The number of carbonyl (C=O) groups excluding carboxylic acids is 1. The Morgan fingerprint density at radius 1 is 0.680 bits per heavy atom. The van der Waals surface area contributed by atoms with Gasteiger partial charge >= 0.3 is 0 Å². The summed E-state index contributed by atoms with van der Waals surface area (Å²) in [4.78, 5) is 18.5. The van der Waals surface area contributed by atoms with Crippen molar-refractivity contribution in [3.05, 3.63) is 102 Å². The van der Waals surface area contributed by atoms with E-state index in [1.54, 1.807) is 0 Å². The zero-order valence-electron chi connectivity index (χ0n) is 13.4. The second-order valence-corrected chi connectivity index (χ2v) is 6.62. The maximum absolute atomic E-state index is 12.8. The fourth-order valence-corrected chi connectivity index (χ4v) is 3.76. The van der Waals surface area contributed by atoms with Crippen molar-refractivity contribution in [1.29, 1.82) is 0 Å². The molecule has 3 heteroatoms. The van der Waals surface area contributed by atoms with E-state index in [0.717, 1.165) is 21.7 Å². The Labute approximate surface area is 150 Å². The molecule has 1 aromatic heterocycles. The van der Waals surface area contributed by atoms with Crippen LogP contribution in [0.1, 0.15) is 15.4 Å². The summed E-state index contributed by atoms with van der Waals surface area (Å²) < 4.78 is 0. The Kier molecular flexibility index (Phi) is 4.23. The second kappa shape index (κ2) is 6.83. The molecule has 0 saturated carbocycles. The predicted octanol–water partition coefficient (Wildman–Crippen LogP) is 5.71. The molecule has 0 bridgehead atoms. The fourth-order valence-electron chi connectivity index (χ4n) is 2.71. The molecule has 1 heterocycles. The molecule has 4 rings (SSSR count). The Balaban J connectivity index is 1.86. The van der Waals surface area contributed by atoms with Gasteiger partial charge < -0.3 is 0 Å². The monoisotopic (exact) mass is 341 g/mol. The van der Waals surface area contributed by atoms with Gasteiger partial charge in [-0.1, -0.05) is 91.0 Å². The normalized spacial score (nSPS) is 10.6. The Bertz CT molecular complexity index is 935. The molecule has 0 spiro atoms. The van der Waals surface area contributed by atoms with Crippen LogP contribution in [0.25, 0.3) is 21.7 Å². The van der Waals surface area contributed by atoms with Gasteiger partial charge in [0.15, 0.2) is 5.01 Å². The van der Waals surface area contributed by atoms with Crippen LogP contribution in [-0.2, 0) is 0 Å². The lowest BCUT2D eigenvalue weighted by Crippen LogP contribution is -1.99. The summed E-state index contributed by atoms with van der Waals surface area (Å²) in [5, 5.41) is 0.518. The summed E-state index contributed by atoms with van der Waals surface area (Å²) >= 11 is 1.45. The van der Waals surface area contributed by atoms with E-state index in [4.69, 9.17) is 4.98 Å². The van der Waals surface area contributed by atoms with Crippen molar-refractivity contribution in [3.63, 3.8) is 0 Å². The average Bonchev–Trinajstić information content (AvgIpc) is 3.15. The SMILES string of the molecule is O=C(c1ccccc1)c1nc(-c2ccccc2)c(-c2ccccc2)s1. The minimum Gasteiger partial charge on any atom is -0.286 e. The number of ketones is 1. The molecule has 0 unspecified atom stereocenters. The first-order valence-electron chi connectivity index (χ1n) is 8.04. The van der Waals surface area contributed by atoms with Crippen LogP contribution in [0.2, 0.25) is 0 Å². The van der Waals surface area contributed by atoms with Gasteiger partial charge in [0.2, 0.25) is 5.78 Å². The zero-order chi connectivity index (χ0) is 17.1. The average molecular weight is 341 g/mol. The third kappa shape index (κ3) is 3.14. The van der Waals surface area contributed by atoms with Crippen LogP contribution in [0, 0.1) is 0 Å². The number of hydrogen-bond donors (Lipinski definition) is 0. The predicted molar refractivity (Wildman–Crippen MR) is 103 cm³/mol. The zero-order valence-corrected chi connectivity index (χ0v) is 14.2. The maximum atomic E-state index is 12.8. The van der Waals surface area contributed by atoms with Gasteiger partial charge in [0.05, 0.1) is 10.6 Å². The van der Waals surface area contributed by atoms with Gasteiger partial charge in [0, 0.05) is 11.1 Å². The van der Waals surface area contributed by atoms with Crippen molar-refractivity contribution >= 4 is 17.1 Å². The molecule has 0 N–H and O–H groups in total. The number of rotatable bonds is 4. The van der Waals surface area contributed by atoms with Gasteiger partial charge in [0.1, 0.15) is 0 Å². The number of thiazole rings is 1. The van der Waals surface area contributed by atoms with Crippen LogP contribution in [0.4, 0.5) is 0 Å². The highest BCUT2D eigenvalue weighted by Crippen LogP contribution is 2.37. The first-order valence-corrected chi connectivity index (χ1v) is 8.86. The van der Waals surface area contributed by atoms with Gasteiger partial charge in [-0.15, -0.1) is 11.3 Å². The first kappa shape index (κ1) is 15.5. The summed E-state index contributed by atoms with van der Waals surface area (Å²) in [6, 6.07) is 29.4. The highest BCUT2D eigenvalue weighted by atomic mass is 32.1. The molecule has 0 aliphatic rings. The lowest BCUT2D eigenvalue weighted by molar-refractivity contribution is 0.103. The number of hydrogen-bond acceptors (Lipinski definition) is 3. The van der Waals surface area contributed by atoms with Gasteiger partial charge in [-0.3, -0.25) is 4.79 Å². The minimum atomic E-state index is -0.0371. The summed E-state index contributed by atoms with van der Waals surface area (Å²) in [7, 11) is 0. The van der Waals surface area contributed by atoms with Crippen molar-refractivity contribution in [2.24, 2.45) is 0 Å².